The van der Waals surface area contributed by atoms with Crippen molar-refractivity contribution in [2.75, 3.05) is 6.54 Å². The van der Waals surface area contributed by atoms with Crippen molar-refractivity contribution in [3.63, 3.8) is 0 Å². The lowest BCUT2D eigenvalue weighted by Gasteiger charge is -2.31. The van der Waals surface area contributed by atoms with E-state index in [1.807, 2.05) is 17.9 Å². The standard InChI is InChI=1S/C13H24N4/c1-10-12(9-16-17(10)2)8-15-13-6-4-3-5-11(13)7-14/h9,11,13,15H,3-8,14H2,1-2H3. The van der Waals surface area contributed by atoms with Crippen LogP contribution in [0.1, 0.15) is 36.9 Å². The van der Waals surface area contributed by atoms with Gasteiger partial charge in [0.05, 0.1) is 6.20 Å². The fourth-order valence-corrected chi connectivity index (χ4v) is 2.72. The topological polar surface area (TPSA) is 55.9 Å². The van der Waals surface area contributed by atoms with Crippen molar-refractivity contribution in [3.05, 3.63) is 17.5 Å². The van der Waals surface area contributed by atoms with E-state index >= 15 is 0 Å². The Hall–Kier alpha value is -0.870. The van der Waals surface area contributed by atoms with Crippen molar-refractivity contribution in [1.29, 1.82) is 0 Å². The van der Waals surface area contributed by atoms with E-state index in [0.717, 1.165) is 13.1 Å². The van der Waals surface area contributed by atoms with E-state index in [0.29, 0.717) is 12.0 Å². The van der Waals surface area contributed by atoms with Crippen molar-refractivity contribution in [2.24, 2.45) is 18.7 Å². The van der Waals surface area contributed by atoms with Crippen LogP contribution in [0, 0.1) is 12.8 Å². The summed E-state index contributed by atoms with van der Waals surface area (Å²) < 4.78 is 1.93. The maximum Gasteiger partial charge on any atom is 0.0537 e. The van der Waals surface area contributed by atoms with Gasteiger partial charge in [0, 0.05) is 30.9 Å². The maximum atomic E-state index is 5.84. The zero-order valence-corrected chi connectivity index (χ0v) is 10.9. The van der Waals surface area contributed by atoms with Crippen LogP contribution in [0.3, 0.4) is 0 Å². The molecule has 2 unspecified atom stereocenters. The molecular weight excluding hydrogens is 212 g/mol. The van der Waals surface area contributed by atoms with E-state index in [4.69, 9.17) is 5.73 Å². The second-order valence-electron chi connectivity index (χ2n) is 5.15. The van der Waals surface area contributed by atoms with Gasteiger partial charge in [0.15, 0.2) is 0 Å². The normalized spacial score (nSPS) is 25.1. The van der Waals surface area contributed by atoms with Crippen LogP contribution in [0.25, 0.3) is 0 Å². The number of nitrogens with one attached hydrogen (secondary N) is 1. The molecule has 1 fully saturated rings. The van der Waals surface area contributed by atoms with E-state index in [-0.39, 0.29) is 0 Å². The number of nitrogens with two attached hydrogens (primary N) is 1. The Kier molecular flexibility index (Phi) is 4.18. The van der Waals surface area contributed by atoms with Crippen LogP contribution in [0.4, 0.5) is 0 Å². The Labute approximate surface area is 104 Å². The van der Waals surface area contributed by atoms with Gasteiger partial charge >= 0.3 is 0 Å². The Balaban J connectivity index is 1.90. The lowest BCUT2D eigenvalue weighted by molar-refractivity contribution is 0.267. The summed E-state index contributed by atoms with van der Waals surface area (Å²) in [5.74, 6) is 0.653. The zero-order valence-electron chi connectivity index (χ0n) is 10.9. The molecule has 1 aromatic rings. The number of aryl methyl sites for hydroxylation is 1. The highest BCUT2D eigenvalue weighted by atomic mass is 15.3. The molecule has 1 aromatic heterocycles. The molecule has 0 spiro atoms. The Morgan fingerprint density at radius 2 is 2.24 bits per heavy atom. The lowest BCUT2D eigenvalue weighted by Crippen LogP contribution is -2.41. The highest BCUT2D eigenvalue weighted by Gasteiger charge is 2.23. The molecule has 4 nitrogen and oxygen atoms in total. The monoisotopic (exact) mass is 236 g/mol. The molecule has 2 atom stereocenters. The number of hydrogen-bond acceptors (Lipinski definition) is 3. The second kappa shape index (κ2) is 5.65. The van der Waals surface area contributed by atoms with Gasteiger partial charge in [0.2, 0.25) is 0 Å². The average Bonchev–Trinajstić information content (AvgIpc) is 2.68. The maximum absolute atomic E-state index is 5.84. The predicted molar refractivity (Wildman–Crippen MR) is 69.6 cm³/mol. The molecule has 3 N–H and O–H groups in total. The molecule has 2 rings (SSSR count). The third kappa shape index (κ3) is 2.87. The van der Waals surface area contributed by atoms with Crippen LogP contribution in [0.15, 0.2) is 6.20 Å². The molecule has 0 radical (unpaired) electrons. The van der Waals surface area contributed by atoms with E-state index in [2.05, 4.69) is 17.3 Å². The minimum atomic E-state index is 0.591. The summed E-state index contributed by atoms with van der Waals surface area (Å²) in [5, 5.41) is 7.93. The van der Waals surface area contributed by atoms with E-state index in [1.165, 1.54) is 36.9 Å². The summed E-state index contributed by atoms with van der Waals surface area (Å²) in [7, 11) is 1.99. The fraction of sp³-hybridized carbons (Fsp3) is 0.769. The van der Waals surface area contributed by atoms with Crippen molar-refractivity contribution in [3.8, 4) is 0 Å². The largest absolute Gasteiger partial charge is 0.330 e. The average molecular weight is 236 g/mol. The first kappa shape index (κ1) is 12.6. The van der Waals surface area contributed by atoms with Crippen molar-refractivity contribution in [2.45, 2.75) is 45.2 Å². The van der Waals surface area contributed by atoms with E-state index in [9.17, 15) is 0 Å². The predicted octanol–water partition coefficient (Wildman–Crippen LogP) is 1.34. The van der Waals surface area contributed by atoms with E-state index in [1.54, 1.807) is 0 Å². The second-order valence-corrected chi connectivity index (χ2v) is 5.15. The van der Waals surface area contributed by atoms with Gasteiger partial charge in [-0.1, -0.05) is 12.8 Å². The van der Waals surface area contributed by atoms with Crippen LogP contribution in [-0.2, 0) is 13.6 Å². The Morgan fingerprint density at radius 3 is 2.88 bits per heavy atom. The number of aromatic nitrogens is 2. The summed E-state index contributed by atoms with van der Waals surface area (Å²) in [4.78, 5) is 0. The van der Waals surface area contributed by atoms with Crippen LogP contribution < -0.4 is 11.1 Å². The van der Waals surface area contributed by atoms with Crippen LogP contribution >= 0.6 is 0 Å². The first-order valence-electron chi connectivity index (χ1n) is 6.63. The molecule has 1 aliphatic rings. The summed E-state index contributed by atoms with van der Waals surface area (Å²) in [6, 6.07) is 0.591. The van der Waals surface area contributed by atoms with Gasteiger partial charge in [-0.15, -0.1) is 0 Å². The summed E-state index contributed by atoms with van der Waals surface area (Å²) >= 11 is 0. The minimum Gasteiger partial charge on any atom is -0.330 e. The minimum absolute atomic E-state index is 0.591. The highest BCUT2D eigenvalue weighted by molar-refractivity contribution is 5.15. The van der Waals surface area contributed by atoms with Gasteiger partial charge in [0.1, 0.15) is 0 Å². The fourth-order valence-electron chi connectivity index (χ4n) is 2.72. The Morgan fingerprint density at radius 1 is 1.47 bits per heavy atom. The highest BCUT2D eigenvalue weighted by Crippen LogP contribution is 2.23. The quantitative estimate of drug-likeness (QED) is 0.829. The van der Waals surface area contributed by atoms with Crippen molar-refractivity contribution < 1.29 is 0 Å². The van der Waals surface area contributed by atoms with Crippen LogP contribution in [0.5, 0.6) is 0 Å². The first-order chi connectivity index (χ1) is 8.22. The smallest absolute Gasteiger partial charge is 0.0537 e. The number of nitrogens with zero attached hydrogens (tertiary/aromatic N) is 2. The SMILES string of the molecule is Cc1c(CNC2CCCCC2CN)cnn1C. The van der Waals surface area contributed by atoms with E-state index < -0.39 is 0 Å². The van der Waals surface area contributed by atoms with Crippen molar-refractivity contribution in [1.82, 2.24) is 15.1 Å². The molecule has 1 heterocycles. The molecule has 0 bridgehead atoms. The molecular formula is C13H24N4. The number of hydrogen-bond donors (Lipinski definition) is 2. The van der Waals surface area contributed by atoms with Gasteiger partial charge in [-0.05, 0) is 32.2 Å². The van der Waals surface area contributed by atoms with Crippen LogP contribution in [0.2, 0.25) is 0 Å². The van der Waals surface area contributed by atoms with Gasteiger partial charge < -0.3 is 11.1 Å². The molecule has 0 aliphatic heterocycles. The molecule has 0 aromatic carbocycles. The summed E-state index contributed by atoms with van der Waals surface area (Å²) in [6.45, 7) is 3.84. The zero-order chi connectivity index (χ0) is 12.3. The molecule has 1 aliphatic carbocycles. The van der Waals surface area contributed by atoms with Gasteiger partial charge in [-0.25, -0.2) is 0 Å². The third-order valence-corrected chi connectivity index (χ3v) is 4.10. The van der Waals surface area contributed by atoms with Gasteiger partial charge in [-0.3, -0.25) is 4.68 Å². The van der Waals surface area contributed by atoms with Crippen molar-refractivity contribution >= 4 is 0 Å². The molecule has 96 valence electrons. The third-order valence-electron chi connectivity index (χ3n) is 4.10. The summed E-state index contributed by atoms with van der Waals surface area (Å²) in [6.07, 6.45) is 7.18. The van der Waals surface area contributed by atoms with Gasteiger partial charge in [-0.2, -0.15) is 5.10 Å². The van der Waals surface area contributed by atoms with Gasteiger partial charge in [0.25, 0.3) is 0 Å². The molecule has 0 saturated heterocycles. The summed E-state index contributed by atoms with van der Waals surface area (Å²) in [5.41, 5.74) is 8.39. The molecule has 4 heteroatoms. The van der Waals surface area contributed by atoms with Crippen LogP contribution in [-0.4, -0.2) is 22.4 Å². The lowest BCUT2D eigenvalue weighted by atomic mass is 9.84. The molecule has 17 heavy (non-hydrogen) atoms. The Bertz CT molecular complexity index is 358. The first-order valence-corrected chi connectivity index (χ1v) is 6.63. The molecule has 0 amide bonds. The molecule has 1 saturated carbocycles. The number of rotatable bonds is 4.